The number of rotatable bonds is 5. The Balaban J connectivity index is 1.41. The third-order valence-corrected chi connectivity index (χ3v) is 4.68. The van der Waals surface area contributed by atoms with Crippen molar-refractivity contribution in [3.05, 3.63) is 35.7 Å². The van der Waals surface area contributed by atoms with Crippen molar-refractivity contribution in [2.45, 2.75) is 24.8 Å². The van der Waals surface area contributed by atoms with E-state index in [1.165, 1.54) is 12.8 Å². The normalized spacial score (nSPS) is 17.5. The molecule has 2 aromatic rings. The van der Waals surface area contributed by atoms with Crippen LogP contribution in [0.5, 0.6) is 11.5 Å². The molecule has 2 fully saturated rings. The molecule has 0 bridgehead atoms. The fraction of sp³-hybridized carbons (Fsp3) is 0.471. The van der Waals surface area contributed by atoms with Crippen molar-refractivity contribution in [2.75, 3.05) is 27.3 Å². The first-order valence-electron chi connectivity index (χ1n) is 8.12. The molecule has 7 heteroatoms. The van der Waals surface area contributed by atoms with Gasteiger partial charge in [-0.3, -0.25) is 4.79 Å². The van der Waals surface area contributed by atoms with E-state index in [1.54, 1.807) is 32.4 Å². The number of amides is 1. The number of carbonyl (C=O) groups is 1. The minimum atomic E-state index is -0.00488. The van der Waals surface area contributed by atoms with E-state index in [0.717, 1.165) is 5.69 Å². The summed E-state index contributed by atoms with van der Waals surface area (Å²) in [5, 5.41) is 8.44. The van der Waals surface area contributed by atoms with Gasteiger partial charge in [-0.2, -0.15) is 0 Å². The van der Waals surface area contributed by atoms with E-state index in [4.69, 9.17) is 9.47 Å². The number of benzene rings is 1. The van der Waals surface area contributed by atoms with Gasteiger partial charge in [-0.05, 0) is 31.0 Å². The molecular formula is C17H20N4O3. The van der Waals surface area contributed by atoms with Gasteiger partial charge in [0.15, 0.2) is 11.5 Å². The molecule has 0 N–H and O–H groups in total. The molecule has 1 saturated carbocycles. The third kappa shape index (κ3) is 2.60. The summed E-state index contributed by atoms with van der Waals surface area (Å²) in [4.78, 5) is 14.4. The molecule has 1 aliphatic heterocycles. The first-order valence-corrected chi connectivity index (χ1v) is 8.12. The van der Waals surface area contributed by atoms with Crippen LogP contribution in [0.15, 0.2) is 24.4 Å². The fourth-order valence-corrected chi connectivity index (χ4v) is 2.98. The summed E-state index contributed by atoms with van der Waals surface area (Å²) in [6.07, 6.45) is 4.46. The van der Waals surface area contributed by atoms with Gasteiger partial charge >= 0.3 is 0 Å². The Kier molecular flexibility index (Phi) is 3.63. The van der Waals surface area contributed by atoms with Gasteiger partial charge in [0.25, 0.3) is 5.91 Å². The Bertz CT molecular complexity index is 763. The first kappa shape index (κ1) is 15.0. The number of hydrogen-bond donors (Lipinski definition) is 0. The highest BCUT2D eigenvalue weighted by Crippen LogP contribution is 2.39. The molecule has 0 atom stereocenters. The molecule has 7 nitrogen and oxygen atoms in total. The van der Waals surface area contributed by atoms with Crippen LogP contribution < -0.4 is 9.47 Å². The number of aromatic nitrogens is 3. The molecule has 0 spiro atoms. The second-order valence-electron chi connectivity index (χ2n) is 6.33. The Labute approximate surface area is 140 Å². The predicted molar refractivity (Wildman–Crippen MR) is 86.5 cm³/mol. The molecule has 0 radical (unpaired) electrons. The van der Waals surface area contributed by atoms with Gasteiger partial charge in [-0.1, -0.05) is 5.21 Å². The van der Waals surface area contributed by atoms with Crippen LogP contribution in [0.4, 0.5) is 0 Å². The van der Waals surface area contributed by atoms with Gasteiger partial charge in [0.1, 0.15) is 0 Å². The topological polar surface area (TPSA) is 69.5 Å². The molecule has 1 aromatic carbocycles. The van der Waals surface area contributed by atoms with Gasteiger partial charge in [0, 0.05) is 30.8 Å². The van der Waals surface area contributed by atoms with Crippen molar-refractivity contribution >= 4 is 5.91 Å². The van der Waals surface area contributed by atoms with Crippen LogP contribution in [0.1, 0.15) is 40.9 Å². The molecule has 1 amide bonds. The maximum Gasteiger partial charge on any atom is 0.254 e. The minimum absolute atomic E-state index is 0.00488. The van der Waals surface area contributed by atoms with E-state index in [-0.39, 0.29) is 11.9 Å². The van der Waals surface area contributed by atoms with Crippen LogP contribution in [-0.4, -0.2) is 53.1 Å². The van der Waals surface area contributed by atoms with Gasteiger partial charge in [0.05, 0.1) is 26.0 Å². The molecule has 1 aromatic heterocycles. The van der Waals surface area contributed by atoms with Crippen molar-refractivity contribution in [3.8, 4) is 11.5 Å². The summed E-state index contributed by atoms with van der Waals surface area (Å²) < 4.78 is 12.4. The highest BCUT2D eigenvalue weighted by Gasteiger charge is 2.35. The number of nitrogens with zero attached hydrogens (tertiary/aromatic N) is 4. The van der Waals surface area contributed by atoms with Gasteiger partial charge < -0.3 is 14.4 Å². The molecule has 1 aliphatic carbocycles. The number of ether oxygens (including phenoxy) is 2. The van der Waals surface area contributed by atoms with Crippen molar-refractivity contribution < 1.29 is 14.3 Å². The number of methoxy groups -OCH3 is 2. The summed E-state index contributed by atoms with van der Waals surface area (Å²) in [6, 6.07) is 5.45. The molecule has 24 heavy (non-hydrogen) atoms. The summed E-state index contributed by atoms with van der Waals surface area (Å²) >= 11 is 0. The molecular weight excluding hydrogens is 308 g/mol. The zero-order valence-electron chi connectivity index (χ0n) is 13.8. The maximum atomic E-state index is 12.6. The number of hydrogen-bond acceptors (Lipinski definition) is 5. The van der Waals surface area contributed by atoms with Crippen molar-refractivity contribution in [1.29, 1.82) is 0 Å². The second kappa shape index (κ2) is 5.81. The number of likely N-dealkylation sites (tertiary alicyclic amines) is 1. The molecule has 2 heterocycles. The standard InChI is InChI=1S/C17H20N4O3/c1-23-15-6-5-12(7-16(15)24-2)17(22)20-8-13(9-20)21-10-14(18-19-21)11-3-4-11/h5-7,10-11,13H,3-4,8-9H2,1-2H3. The Morgan fingerprint density at radius 1 is 1.17 bits per heavy atom. The minimum Gasteiger partial charge on any atom is -0.493 e. The first-order chi connectivity index (χ1) is 11.7. The number of carbonyl (C=O) groups excluding carboxylic acids is 1. The lowest BCUT2D eigenvalue weighted by atomic mass is 10.1. The SMILES string of the molecule is COc1ccc(C(=O)N2CC(n3cc(C4CC4)nn3)C2)cc1OC. The van der Waals surface area contributed by atoms with E-state index >= 15 is 0 Å². The van der Waals surface area contributed by atoms with E-state index in [2.05, 4.69) is 10.3 Å². The summed E-state index contributed by atoms with van der Waals surface area (Å²) in [7, 11) is 3.14. The Hall–Kier alpha value is -2.57. The third-order valence-electron chi connectivity index (χ3n) is 4.68. The summed E-state index contributed by atoms with van der Waals surface area (Å²) in [5.41, 5.74) is 1.68. The zero-order valence-corrected chi connectivity index (χ0v) is 13.8. The van der Waals surface area contributed by atoms with E-state index in [0.29, 0.717) is 36.1 Å². The van der Waals surface area contributed by atoms with Gasteiger partial charge in [-0.15, -0.1) is 5.10 Å². The van der Waals surface area contributed by atoms with E-state index in [1.807, 2.05) is 15.8 Å². The quantitative estimate of drug-likeness (QED) is 0.838. The molecule has 0 unspecified atom stereocenters. The van der Waals surface area contributed by atoms with Crippen LogP contribution in [0, 0.1) is 0 Å². The maximum absolute atomic E-state index is 12.6. The zero-order chi connectivity index (χ0) is 16.7. The van der Waals surface area contributed by atoms with Crippen LogP contribution in [0.2, 0.25) is 0 Å². The molecule has 1 saturated heterocycles. The van der Waals surface area contributed by atoms with Crippen molar-refractivity contribution in [3.63, 3.8) is 0 Å². The van der Waals surface area contributed by atoms with Crippen molar-refractivity contribution in [2.24, 2.45) is 0 Å². The average molecular weight is 328 g/mol. The highest BCUT2D eigenvalue weighted by atomic mass is 16.5. The van der Waals surface area contributed by atoms with E-state index < -0.39 is 0 Å². The monoisotopic (exact) mass is 328 g/mol. The Morgan fingerprint density at radius 2 is 1.92 bits per heavy atom. The average Bonchev–Trinajstić information content (AvgIpc) is 3.31. The largest absolute Gasteiger partial charge is 0.493 e. The van der Waals surface area contributed by atoms with Crippen LogP contribution in [-0.2, 0) is 0 Å². The second-order valence-corrected chi connectivity index (χ2v) is 6.33. The predicted octanol–water partition coefficient (Wildman–Crippen LogP) is 1.87. The van der Waals surface area contributed by atoms with Crippen LogP contribution in [0.25, 0.3) is 0 Å². The smallest absolute Gasteiger partial charge is 0.254 e. The Morgan fingerprint density at radius 3 is 2.58 bits per heavy atom. The lowest BCUT2D eigenvalue weighted by Crippen LogP contribution is -2.50. The van der Waals surface area contributed by atoms with Crippen LogP contribution >= 0.6 is 0 Å². The summed E-state index contributed by atoms with van der Waals surface area (Å²) in [5.74, 6) is 1.77. The summed E-state index contributed by atoms with van der Waals surface area (Å²) in [6.45, 7) is 1.31. The molecule has 2 aliphatic rings. The van der Waals surface area contributed by atoms with Gasteiger partial charge in [-0.25, -0.2) is 4.68 Å². The lowest BCUT2D eigenvalue weighted by molar-refractivity contribution is 0.0498. The highest BCUT2D eigenvalue weighted by molar-refractivity contribution is 5.95. The molecule has 126 valence electrons. The van der Waals surface area contributed by atoms with Crippen LogP contribution in [0.3, 0.4) is 0 Å². The fourth-order valence-electron chi connectivity index (χ4n) is 2.98. The van der Waals surface area contributed by atoms with Gasteiger partial charge in [0.2, 0.25) is 0 Å². The van der Waals surface area contributed by atoms with Crippen molar-refractivity contribution in [1.82, 2.24) is 19.9 Å². The van der Waals surface area contributed by atoms with E-state index in [9.17, 15) is 4.79 Å². The molecule has 4 rings (SSSR count). The lowest BCUT2D eigenvalue weighted by Gasteiger charge is -2.38.